The van der Waals surface area contributed by atoms with E-state index in [0.717, 1.165) is 25.7 Å². The van der Waals surface area contributed by atoms with Gasteiger partial charge in [0.25, 0.3) is 0 Å². The second-order valence-corrected chi connectivity index (χ2v) is 13.3. The molecule has 1 aliphatic rings. The van der Waals surface area contributed by atoms with Crippen LogP contribution in [0.3, 0.4) is 0 Å². The van der Waals surface area contributed by atoms with Gasteiger partial charge in [0.1, 0.15) is 0 Å². The van der Waals surface area contributed by atoms with E-state index in [1.807, 2.05) is 0 Å². The third-order valence-corrected chi connectivity index (χ3v) is 10.8. The fourth-order valence-corrected chi connectivity index (χ4v) is 8.27. The molecule has 8 bridgehead atoms. The highest BCUT2D eigenvalue weighted by Gasteiger charge is 2.22. The number of nitrogens with one attached hydrogen (secondary N) is 4. The molecule has 4 heteroatoms. The van der Waals surface area contributed by atoms with Gasteiger partial charge in [-0.25, -0.2) is 0 Å². The van der Waals surface area contributed by atoms with Gasteiger partial charge in [-0.3, -0.25) is 0 Å². The first kappa shape index (κ1) is 31.6. The first-order chi connectivity index (χ1) is 23.3. The molecular formula is C44H48N4. The van der Waals surface area contributed by atoms with Gasteiger partial charge in [-0.2, -0.15) is 0 Å². The van der Waals surface area contributed by atoms with Crippen LogP contribution in [0.5, 0.6) is 0 Å². The lowest BCUT2D eigenvalue weighted by atomic mass is 9.96. The molecule has 0 saturated carbocycles. The first-order valence-corrected chi connectivity index (χ1v) is 17.7. The minimum Gasteiger partial charge on any atom is -0.354 e. The van der Waals surface area contributed by atoms with E-state index in [2.05, 4.69) is 148 Å². The van der Waals surface area contributed by atoms with Gasteiger partial charge in [0.15, 0.2) is 0 Å². The number of H-pyrrole nitrogens is 4. The van der Waals surface area contributed by atoms with Crippen LogP contribution in [0.25, 0.3) is 23.3 Å². The van der Waals surface area contributed by atoms with Crippen molar-refractivity contribution in [1.82, 2.24) is 19.9 Å². The Labute approximate surface area is 284 Å². The lowest BCUT2D eigenvalue weighted by molar-refractivity contribution is 1.09. The number of hydrogen-bond acceptors (Lipinski definition) is 0. The van der Waals surface area contributed by atoms with E-state index in [-0.39, 0.29) is 0 Å². The molecule has 4 nitrogen and oxygen atoms in total. The molecule has 0 spiro atoms. The third-order valence-electron chi connectivity index (χ3n) is 10.8. The Bertz CT molecular complexity index is 2230. The standard InChI is InChI=1S/C44H48N4/c1-9-31-25(5)41-39(29-19-15-13-16-20-29)42-27(7)33(11-3)37(47-42)24-38-34(12-4)28(8)44(48-38)40(30-21-17-14-18-22-30)43-26(6)32(10-2)36(46-43)23-35(31)45-41/h13-24,45-48H,9-12H2,1-8H3/b35-23-,36-23?,37-24?,38-24-,41-39-,42-39?,43-40?,44-40-. The van der Waals surface area contributed by atoms with Crippen LogP contribution in [0, 0.1) is 27.7 Å². The Morgan fingerprint density at radius 2 is 0.771 bits per heavy atom. The molecule has 0 radical (unpaired) electrons. The van der Waals surface area contributed by atoms with Crippen molar-refractivity contribution in [3.63, 3.8) is 0 Å². The van der Waals surface area contributed by atoms with Gasteiger partial charge in [0.05, 0.1) is 22.1 Å². The summed E-state index contributed by atoms with van der Waals surface area (Å²) >= 11 is 0. The molecule has 0 amide bonds. The predicted molar refractivity (Wildman–Crippen MR) is 201 cm³/mol. The molecule has 0 fully saturated rings. The smallest absolute Gasteiger partial charge is 0.0518 e. The van der Waals surface area contributed by atoms with Gasteiger partial charge in [0.2, 0.25) is 0 Å². The zero-order chi connectivity index (χ0) is 33.7. The van der Waals surface area contributed by atoms with Crippen LogP contribution in [0.2, 0.25) is 0 Å². The summed E-state index contributed by atoms with van der Waals surface area (Å²) < 4.78 is 0. The molecule has 0 atom stereocenters. The molecule has 48 heavy (non-hydrogen) atoms. The zero-order valence-corrected chi connectivity index (χ0v) is 29.8. The van der Waals surface area contributed by atoms with E-state index >= 15 is 0 Å². The quantitative estimate of drug-likeness (QED) is 0.153. The number of aromatic amines is 4. The average Bonchev–Trinajstić information content (AvgIpc) is 3.79. The van der Waals surface area contributed by atoms with Crippen molar-refractivity contribution in [3.05, 3.63) is 160 Å². The average molecular weight is 633 g/mol. The highest BCUT2D eigenvalue weighted by molar-refractivity contribution is 5.83. The highest BCUT2D eigenvalue weighted by atomic mass is 14.8. The van der Waals surface area contributed by atoms with Gasteiger partial charge < -0.3 is 19.9 Å². The van der Waals surface area contributed by atoms with Crippen LogP contribution < -0.4 is 21.4 Å². The summed E-state index contributed by atoms with van der Waals surface area (Å²) in [6.07, 6.45) is 8.50. The number of hydrogen-bond donors (Lipinski definition) is 4. The molecule has 0 aliphatic carbocycles. The molecular weight excluding hydrogens is 585 g/mol. The van der Waals surface area contributed by atoms with Crippen molar-refractivity contribution in [2.45, 2.75) is 81.1 Å². The van der Waals surface area contributed by atoms with E-state index in [0.29, 0.717) is 0 Å². The Balaban J connectivity index is 1.74. The normalized spacial score (nSPS) is 16.4. The second-order valence-electron chi connectivity index (χ2n) is 13.3. The summed E-state index contributed by atoms with van der Waals surface area (Å²) in [5.74, 6) is 0. The van der Waals surface area contributed by atoms with E-state index in [4.69, 9.17) is 0 Å². The molecule has 6 aromatic rings. The molecule has 4 aromatic heterocycles. The van der Waals surface area contributed by atoms with E-state index in [1.54, 1.807) is 0 Å². The van der Waals surface area contributed by atoms with Crippen LogP contribution in [0.1, 0.15) is 106 Å². The lowest BCUT2D eigenvalue weighted by Crippen LogP contribution is -2.18. The minimum atomic E-state index is 0.943. The van der Waals surface area contributed by atoms with Gasteiger partial charge in [0, 0.05) is 33.2 Å². The molecule has 5 heterocycles. The summed E-state index contributed by atoms with van der Waals surface area (Å²) in [5, 5.41) is 4.71. The molecule has 244 valence electrons. The van der Waals surface area contributed by atoms with Gasteiger partial charge in [-0.15, -0.1) is 0 Å². The van der Waals surface area contributed by atoms with Crippen LogP contribution in [-0.2, 0) is 25.7 Å². The van der Waals surface area contributed by atoms with Crippen molar-refractivity contribution in [3.8, 4) is 0 Å². The number of benzene rings is 2. The third kappa shape index (κ3) is 4.97. The molecule has 2 aromatic carbocycles. The maximum atomic E-state index is 3.98. The summed E-state index contributed by atoms with van der Waals surface area (Å²) in [4.78, 5) is 15.9. The molecule has 1 aliphatic heterocycles. The van der Waals surface area contributed by atoms with Crippen molar-refractivity contribution in [2.75, 3.05) is 0 Å². The van der Waals surface area contributed by atoms with E-state index in [9.17, 15) is 0 Å². The summed E-state index contributed by atoms with van der Waals surface area (Å²) in [7, 11) is 0. The van der Waals surface area contributed by atoms with Gasteiger partial charge >= 0.3 is 0 Å². The van der Waals surface area contributed by atoms with Crippen molar-refractivity contribution in [1.29, 1.82) is 0 Å². The Morgan fingerprint density at radius 3 is 1.10 bits per heavy atom. The Morgan fingerprint density at radius 1 is 0.417 bits per heavy atom. The van der Waals surface area contributed by atoms with Gasteiger partial charge in [-0.1, -0.05) is 88.4 Å². The lowest BCUT2D eigenvalue weighted by Gasteiger charge is -2.09. The second kappa shape index (κ2) is 12.6. The highest BCUT2D eigenvalue weighted by Crippen LogP contribution is 2.31. The predicted octanol–water partition coefficient (Wildman–Crippen LogP) is 6.95. The first-order valence-electron chi connectivity index (χ1n) is 17.7. The summed E-state index contributed by atoms with van der Waals surface area (Å²) in [5.41, 5.74) is 20.2. The SMILES string of the molecule is CCc1c2[nH]c(c1C)/C(c1ccccc1)=c1\[nH]/c(c(CC)c1C)=C\c1[nH]c(c(C)c1CC)/C(c1ccccc1)=c1\[nH]/c(c(CC)c1C)=C\2. The zero-order valence-electron chi connectivity index (χ0n) is 29.8. The van der Waals surface area contributed by atoms with Crippen LogP contribution in [0.15, 0.2) is 60.7 Å². The topological polar surface area (TPSA) is 63.2 Å². The minimum absolute atomic E-state index is 0.943. The van der Waals surface area contributed by atoms with Crippen molar-refractivity contribution >= 4 is 23.3 Å². The van der Waals surface area contributed by atoms with Crippen LogP contribution >= 0.6 is 0 Å². The molecule has 0 unspecified atom stereocenters. The van der Waals surface area contributed by atoms with Gasteiger partial charge in [-0.05, 0) is 121 Å². The van der Waals surface area contributed by atoms with E-state index in [1.165, 1.54) is 111 Å². The molecule has 0 saturated heterocycles. The maximum absolute atomic E-state index is 3.98. The van der Waals surface area contributed by atoms with Crippen LogP contribution in [-0.4, -0.2) is 19.9 Å². The van der Waals surface area contributed by atoms with Crippen LogP contribution in [0.4, 0.5) is 0 Å². The monoisotopic (exact) mass is 632 g/mol. The fourth-order valence-electron chi connectivity index (χ4n) is 8.27. The number of rotatable bonds is 6. The fraction of sp³-hybridized carbons (Fsp3) is 0.273. The van der Waals surface area contributed by atoms with E-state index < -0.39 is 0 Å². The van der Waals surface area contributed by atoms with Crippen molar-refractivity contribution < 1.29 is 0 Å². The Kier molecular flexibility index (Phi) is 8.29. The summed E-state index contributed by atoms with van der Waals surface area (Å²) in [6.45, 7) is 18.2. The number of fused-ring (bicyclic) bond motifs is 8. The summed E-state index contributed by atoms with van der Waals surface area (Å²) in [6, 6.07) is 21.8. The van der Waals surface area contributed by atoms with Crippen molar-refractivity contribution in [2.24, 2.45) is 0 Å². The largest absolute Gasteiger partial charge is 0.354 e. The molecule has 4 N–H and O–H groups in total. The molecule has 7 rings (SSSR count). The maximum Gasteiger partial charge on any atom is 0.0518 e. The number of aromatic nitrogens is 4. The Hall–Kier alpha value is -4.96.